The molecule has 0 aromatic heterocycles. The summed E-state index contributed by atoms with van der Waals surface area (Å²) in [6, 6.07) is 15.0. The highest BCUT2D eigenvalue weighted by Gasteiger charge is 2.72. The minimum Gasteiger partial charge on any atom is -0.480 e. The molecular weight excluding hydrogens is 486 g/mol. The second-order valence-electron chi connectivity index (χ2n) is 10.3. The van der Waals surface area contributed by atoms with Gasteiger partial charge in [-0.25, -0.2) is 4.79 Å². The SMILES string of the molecule is CC(C)C1C2C(=O)N(CCc3ccccc3)C(=O)C2C(C(=O)O)(c2ccc(C(=N)N)cc2)N1CCC(N)=O. The molecule has 200 valence electrons. The highest BCUT2D eigenvalue weighted by atomic mass is 16.4. The van der Waals surface area contributed by atoms with Gasteiger partial charge in [-0.15, -0.1) is 0 Å². The van der Waals surface area contributed by atoms with Gasteiger partial charge in [-0.05, 0) is 23.5 Å². The molecule has 4 unspecified atom stereocenters. The highest BCUT2D eigenvalue weighted by Crippen LogP contribution is 2.55. The van der Waals surface area contributed by atoms with Crippen molar-refractivity contribution in [2.75, 3.05) is 13.1 Å². The summed E-state index contributed by atoms with van der Waals surface area (Å²) >= 11 is 0. The summed E-state index contributed by atoms with van der Waals surface area (Å²) in [7, 11) is 0. The topological polar surface area (TPSA) is 171 Å². The number of nitrogens with zero attached hydrogens (tertiary/aromatic N) is 2. The van der Waals surface area contributed by atoms with E-state index in [0.29, 0.717) is 12.0 Å². The van der Waals surface area contributed by atoms with Gasteiger partial charge < -0.3 is 16.6 Å². The average Bonchev–Trinajstić information content (AvgIpc) is 3.32. The standard InChI is InChI=1S/C28H33N5O5/c1-16(2)23-21-22(26(36)32(25(21)35)14-12-17-6-4-3-5-7-17)28(27(37)38,33(23)15-13-20(29)34)19-10-8-18(9-11-19)24(30)31/h3-11,16,21-23H,12-15H2,1-2H3,(H2,29,34)(H3,30,31)(H,37,38). The van der Waals surface area contributed by atoms with Crippen LogP contribution in [0.2, 0.25) is 0 Å². The zero-order valence-electron chi connectivity index (χ0n) is 21.5. The Labute approximate surface area is 221 Å². The van der Waals surface area contributed by atoms with Gasteiger partial charge in [0, 0.05) is 31.1 Å². The van der Waals surface area contributed by atoms with Crippen LogP contribution in [0.4, 0.5) is 0 Å². The number of benzene rings is 2. The van der Waals surface area contributed by atoms with Gasteiger partial charge in [-0.3, -0.25) is 29.6 Å². The number of likely N-dealkylation sites (tertiary alicyclic amines) is 2. The maximum absolute atomic E-state index is 14.0. The van der Waals surface area contributed by atoms with E-state index in [0.717, 1.165) is 5.56 Å². The smallest absolute Gasteiger partial charge is 0.329 e. The highest BCUT2D eigenvalue weighted by molar-refractivity contribution is 6.09. The molecule has 10 nitrogen and oxygen atoms in total. The largest absolute Gasteiger partial charge is 0.480 e. The summed E-state index contributed by atoms with van der Waals surface area (Å²) in [5.74, 6) is -5.35. The predicted molar refractivity (Wildman–Crippen MR) is 140 cm³/mol. The molecule has 4 atom stereocenters. The summed E-state index contributed by atoms with van der Waals surface area (Å²) in [4.78, 5) is 55.8. The number of carbonyl (C=O) groups excluding carboxylic acids is 3. The van der Waals surface area contributed by atoms with Crippen LogP contribution in [0, 0.1) is 23.2 Å². The fourth-order valence-corrected chi connectivity index (χ4v) is 6.21. The van der Waals surface area contributed by atoms with Crippen molar-refractivity contribution in [3.05, 3.63) is 71.3 Å². The molecule has 0 radical (unpaired) electrons. The van der Waals surface area contributed by atoms with Gasteiger partial charge in [0.2, 0.25) is 17.7 Å². The van der Waals surface area contributed by atoms with Gasteiger partial charge in [0.15, 0.2) is 5.54 Å². The molecule has 2 aromatic rings. The maximum atomic E-state index is 14.0. The molecule has 3 amide bonds. The monoisotopic (exact) mass is 519 g/mol. The van der Waals surface area contributed by atoms with Gasteiger partial charge in [-0.2, -0.15) is 0 Å². The zero-order valence-corrected chi connectivity index (χ0v) is 21.5. The van der Waals surface area contributed by atoms with E-state index in [1.165, 1.54) is 29.2 Å². The summed E-state index contributed by atoms with van der Waals surface area (Å²) in [6.07, 6.45) is 0.312. The number of nitrogens with one attached hydrogen (secondary N) is 1. The molecule has 2 saturated heterocycles. The first-order chi connectivity index (χ1) is 18.0. The Bertz CT molecular complexity index is 1260. The van der Waals surface area contributed by atoms with E-state index < -0.39 is 47.1 Å². The number of hydrogen-bond acceptors (Lipinski definition) is 6. The maximum Gasteiger partial charge on any atom is 0.329 e. The van der Waals surface area contributed by atoms with E-state index in [2.05, 4.69) is 0 Å². The number of nitrogens with two attached hydrogens (primary N) is 2. The van der Waals surface area contributed by atoms with Crippen molar-refractivity contribution in [3.63, 3.8) is 0 Å². The van der Waals surface area contributed by atoms with E-state index >= 15 is 0 Å². The lowest BCUT2D eigenvalue weighted by Gasteiger charge is -2.42. The number of hydrogen-bond donors (Lipinski definition) is 4. The minimum absolute atomic E-state index is 0.0312. The first-order valence-corrected chi connectivity index (χ1v) is 12.6. The van der Waals surface area contributed by atoms with Crippen LogP contribution in [0.25, 0.3) is 0 Å². The molecule has 0 aliphatic carbocycles. The Kier molecular flexibility index (Phi) is 7.37. The van der Waals surface area contributed by atoms with Crippen molar-refractivity contribution in [1.29, 1.82) is 5.41 Å². The Morgan fingerprint density at radius 3 is 2.16 bits per heavy atom. The molecule has 2 fully saturated rings. The van der Waals surface area contributed by atoms with Crippen molar-refractivity contribution >= 4 is 29.5 Å². The number of carboxylic acid groups (broad SMARTS) is 1. The van der Waals surface area contributed by atoms with E-state index in [-0.39, 0.29) is 36.8 Å². The lowest BCUT2D eigenvalue weighted by Crippen LogP contribution is -2.57. The summed E-state index contributed by atoms with van der Waals surface area (Å²) in [5, 5.41) is 18.6. The number of primary amides is 1. The van der Waals surface area contributed by atoms with Crippen molar-refractivity contribution in [2.45, 2.75) is 38.3 Å². The van der Waals surface area contributed by atoms with Crippen molar-refractivity contribution < 1.29 is 24.3 Å². The molecule has 10 heteroatoms. The third kappa shape index (κ3) is 4.34. The van der Waals surface area contributed by atoms with Gasteiger partial charge in [0.05, 0.1) is 11.8 Å². The third-order valence-corrected chi connectivity index (χ3v) is 7.78. The summed E-state index contributed by atoms with van der Waals surface area (Å²) in [5.41, 5.74) is 10.8. The van der Waals surface area contributed by atoms with Crippen LogP contribution in [-0.4, -0.2) is 63.6 Å². The van der Waals surface area contributed by atoms with E-state index in [1.54, 1.807) is 4.90 Å². The molecule has 2 aliphatic rings. The number of aliphatic carboxylic acids is 1. The fourth-order valence-electron chi connectivity index (χ4n) is 6.21. The second-order valence-corrected chi connectivity index (χ2v) is 10.3. The Morgan fingerprint density at radius 1 is 1.00 bits per heavy atom. The Balaban J connectivity index is 1.85. The molecular formula is C28H33N5O5. The lowest BCUT2D eigenvalue weighted by molar-refractivity contribution is -0.160. The zero-order chi connectivity index (χ0) is 27.8. The predicted octanol–water partition coefficient (Wildman–Crippen LogP) is 1.31. The summed E-state index contributed by atoms with van der Waals surface area (Å²) in [6.45, 7) is 3.86. The van der Waals surface area contributed by atoms with Crippen LogP contribution in [0.1, 0.15) is 37.0 Å². The molecule has 6 N–H and O–H groups in total. The number of carboxylic acids is 1. The molecule has 0 bridgehead atoms. The minimum atomic E-state index is -1.92. The first kappa shape index (κ1) is 27.0. The van der Waals surface area contributed by atoms with E-state index in [1.807, 2.05) is 44.2 Å². The number of nitrogen functional groups attached to an aromatic ring is 1. The van der Waals surface area contributed by atoms with Crippen LogP contribution in [-0.2, 0) is 31.1 Å². The Hall–Kier alpha value is -4.05. The molecule has 2 heterocycles. The van der Waals surface area contributed by atoms with E-state index in [4.69, 9.17) is 16.9 Å². The van der Waals surface area contributed by atoms with Crippen LogP contribution in [0.3, 0.4) is 0 Å². The number of imide groups is 1. The molecule has 0 saturated carbocycles. The number of fused-ring (bicyclic) bond motifs is 1. The van der Waals surface area contributed by atoms with Gasteiger partial charge in [0.25, 0.3) is 0 Å². The lowest BCUT2D eigenvalue weighted by atomic mass is 9.74. The first-order valence-electron chi connectivity index (χ1n) is 12.6. The molecule has 4 rings (SSSR count). The normalized spacial score (nSPS) is 25.1. The quantitative estimate of drug-likeness (QED) is 0.208. The van der Waals surface area contributed by atoms with Crippen molar-refractivity contribution in [1.82, 2.24) is 9.80 Å². The molecule has 2 aliphatic heterocycles. The van der Waals surface area contributed by atoms with Crippen LogP contribution < -0.4 is 11.5 Å². The Morgan fingerprint density at radius 2 is 1.63 bits per heavy atom. The number of amides is 3. The molecule has 38 heavy (non-hydrogen) atoms. The van der Waals surface area contributed by atoms with Crippen molar-refractivity contribution in [3.8, 4) is 0 Å². The summed E-state index contributed by atoms with van der Waals surface area (Å²) < 4.78 is 0. The molecule has 0 spiro atoms. The van der Waals surface area contributed by atoms with Gasteiger partial charge in [0.1, 0.15) is 5.84 Å². The van der Waals surface area contributed by atoms with Gasteiger partial charge >= 0.3 is 5.97 Å². The number of carbonyl (C=O) groups is 4. The second kappa shape index (κ2) is 10.4. The third-order valence-electron chi connectivity index (χ3n) is 7.78. The molecule has 2 aromatic carbocycles. The fraction of sp³-hybridized carbons (Fsp3) is 0.393. The van der Waals surface area contributed by atoms with Crippen LogP contribution >= 0.6 is 0 Å². The van der Waals surface area contributed by atoms with E-state index in [9.17, 15) is 24.3 Å². The number of amidine groups is 1. The van der Waals surface area contributed by atoms with Crippen LogP contribution in [0.5, 0.6) is 0 Å². The van der Waals surface area contributed by atoms with Crippen LogP contribution in [0.15, 0.2) is 54.6 Å². The van der Waals surface area contributed by atoms with Gasteiger partial charge in [-0.1, -0.05) is 68.4 Å². The number of rotatable bonds is 10. The van der Waals surface area contributed by atoms with Crippen molar-refractivity contribution in [2.24, 2.45) is 29.2 Å². The average molecular weight is 520 g/mol.